The Morgan fingerprint density at radius 3 is 2.66 bits per heavy atom. The maximum Gasteiger partial charge on any atom is 0.265 e. The minimum Gasteiger partial charge on any atom is -0.485 e. The number of Topliss-reactive ketones (excluding diaryl/α,β-unsaturated/α-hetero) is 1. The summed E-state index contributed by atoms with van der Waals surface area (Å²) in [6.45, 7) is 4.95. The zero-order chi connectivity index (χ0) is 22.9. The van der Waals surface area contributed by atoms with Crippen molar-refractivity contribution in [1.82, 2.24) is 5.32 Å². The Bertz CT molecular complexity index is 955. The number of anilines is 1. The molecular formula is C25H30N2O5. The molecule has 170 valence electrons. The number of carbonyl (C=O) groups excluding carboxylic acids is 3. The fourth-order valence-corrected chi connectivity index (χ4v) is 3.38. The van der Waals surface area contributed by atoms with Crippen LogP contribution in [0.5, 0.6) is 11.5 Å². The second-order valence-corrected chi connectivity index (χ2v) is 7.85. The van der Waals surface area contributed by atoms with Crippen molar-refractivity contribution in [2.24, 2.45) is 0 Å². The van der Waals surface area contributed by atoms with Crippen LogP contribution >= 0.6 is 0 Å². The molecule has 0 aliphatic carbocycles. The van der Waals surface area contributed by atoms with E-state index in [-0.39, 0.29) is 30.8 Å². The summed E-state index contributed by atoms with van der Waals surface area (Å²) in [5.74, 6) is 0.773. The van der Waals surface area contributed by atoms with Gasteiger partial charge in [0.2, 0.25) is 5.91 Å². The quantitative estimate of drug-likeness (QED) is 0.427. The minimum absolute atomic E-state index is 0.0171. The Balaban J connectivity index is 1.61. The van der Waals surface area contributed by atoms with Gasteiger partial charge in [0.1, 0.15) is 11.5 Å². The summed E-state index contributed by atoms with van der Waals surface area (Å²) in [7, 11) is 0. The van der Waals surface area contributed by atoms with E-state index < -0.39 is 0 Å². The van der Waals surface area contributed by atoms with Crippen molar-refractivity contribution in [3.05, 3.63) is 53.6 Å². The van der Waals surface area contributed by atoms with E-state index in [1.165, 1.54) is 0 Å². The molecule has 1 aliphatic rings. The molecule has 2 aromatic rings. The third kappa shape index (κ3) is 6.33. The van der Waals surface area contributed by atoms with Gasteiger partial charge in [-0.3, -0.25) is 14.4 Å². The lowest BCUT2D eigenvalue weighted by Gasteiger charge is -2.29. The van der Waals surface area contributed by atoms with Gasteiger partial charge in [-0.25, -0.2) is 0 Å². The van der Waals surface area contributed by atoms with Gasteiger partial charge < -0.3 is 19.7 Å². The average Bonchev–Trinajstić information content (AvgIpc) is 2.79. The smallest absolute Gasteiger partial charge is 0.265 e. The van der Waals surface area contributed by atoms with E-state index in [0.717, 1.165) is 18.4 Å². The number of ether oxygens (including phenoxy) is 2. The number of nitrogens with zero attached hydrogens (tertiary/aromatic N) is 1. The summed E-state index contributed by atoms with van der Waals surface area (Å²) >= 11 is 0. The monoisotopic (exact) mass is 438 g/mol. The van der Waals surface area contributed by atoms with Gasteiger partial charge in [-0.2, -0.15) is 0 Å². The fraction of sp³-hybridized carbons (Fsp3) is 0.400. The van der Waals surface area contributed by atoms with Crippen LogP contribution in [0.1, 0.15) is 48.5 Å². The van der Waals surface area contributed by atoms with Crippen molar-refractivity contribution in [2.45, 2.75) is 39.5 Å². The van der Waals surface area contributed by atoms with Crippen LogP contribution in [0.15, 0.2) is 42.5 Å². The lowest BCUT2D eigenvalue weighted by molar-refractivity contribution is -0.122. The number of amides is 2. The lowest BCUT2D eigenvalue weighted by Crippen LogP contribution is -2.40. The molecule has 0 aromatic heterocycles. The first-order chi connectivity index (χ1) is 15.5. The highest BCUT2D eigenvalue weighted by Gasteiger charge is 2.26. The summed E-state index contributed by atoms with van der Waals surface area (Å²) in [6.07, 6.45) is 2.84. The molecule has 32 heavy (non-hydrogen) atoms. The van der Waals surface area contributed by atoms with Crippen LogP contribution in [-0.2, 0) is 9.59 Å². The fourth-order valence-electron chi connectivity index (χ4n) is 3.38. The van der Waals surface area contributed by atoms with Gasteiger partial charge >= 0.3 is 0 Å². The highest BCUT2D eigenvalue weighted by atomic mass is 16.5. The topological polar surface area (TPSA) is 84.9 Å². The van der Waals surface area contributed by atoms with Gasteiger partial charge in [-0.1, -0.05) is 31.0 Å². The van der Waals surface area contributed by atoms with Crippen LogP contribution in [0.2, 0.25) is 0 Å². The highest BCUT2D eigenvalue weighted by Crippen LogP contribution is 2.33. The van der Waals surface area contributed by atoms with E-state index in [4.69, 9.17) is 9.47 Å². The number of rotatable bonds is 11. The molecule has 0 unspecified atom stereocenters. The summed E-state index contributed by atoms with van der Waals surface area (Å²) in [5.41, 5.74) is 2.10. The van der Waals surface area contributed by atoms with Gasteiger partial charge in [0.15, 0.2) is 19.0 Å². The van der Waals surface area contributed by atoms with E-state index in [1.807, 2.05) is 31.2 Å². The number of hydrogen-bond donors (Lipinski definition) is 1. The van der Waals surface area contributed by atoms with Crippen LogP contribution in [0.25, 0.3) is 0 Å². The predicted molar refractivity (Wildman–Crippen MR) is 122 cm³/mol. The van der Waals surface area contributed by atoms with Crippen molar-refractivity contribution in [3.63, 3.8) is 0 Å². The van der Waals surface area contributed by atoms with Crippen LogP contribution in [0.3, 0.4) is 0 Å². The van der Waals surface area contributed by atoms with E-state index in [1.54, 1.807) is 23.1 Å². The van der Waals surface area contributed by atoms with Crippen molar-refractivity contribution < 1.29 is 23.9 Å². The first-order valence-corrected chi connectivity index (χ1v) is 11.0. The molecular weight excluding hydrogens is 408 g/mol. The number of hydrogen-bond acceptors (Lipinski definition) is 5. The molecule has 1 heterocycles. The van der Waals surface area contributed by atoms with Gasteiger partial charge in [0.25, 0.3) is 5.91 Å². The SMILES string of the molecule is CCCCNC(=O)CCCN1C(=O)COc2ccc(C(=O)COc3ccc(C)cc3)cc21. The van der Waals surface area contributed by atoms with Crippen LogP contribution in [0.4, 0.5) is 5.69 Å². The van der Waals surface area contributed by atoms with Gasteiger partial charge in [-0.15, -0.1) is 0 Å². The second-order valence-electron chi connectivity index (χ2n) is 7.85. The molecule has 0 radical (unpaired) electrons. The summed E-state index contributed by atoms with van der Waals surface area (Å²) < 4.78 is 11.1. The Morgan fingerprint density at radius 2 is 1.91 bits per heavy atom. The maximum absolute atomic E-state index is 12.7. The third-order valence-corrected chi connectivity index (χ3v) is 5.25. The molecule has 0 saturated heterocycles. The first-order valence-electron chi connectivity index (χ1n) is 11.0. The van der Waals surface area contributed by atoms with Crippen LogP contribution < -0.4 is 19.7 Å². The Kier molecular flexibility index (Phi) is 8.25. The van der Waals surface area contributed by atoms with Crippen molar-refractivity contribution in [3.8, 4) is 11.5 Å². The molecule has 1 N–H and O–H groups in total. The molecule has 7 nitrogen and oxygen atoms in total. The van der Waals surface area contributed by atoms with Crippen LogP contribution in [-0.4, -0.2) is 43.9 Å². The average molecular weight is 439 g/mol. The molecule has 0 spiro atoms. The van der Waals surface area contributed by atoms with Gasteiger partial charge in [0, 0.05) is 25.1 Å². The number of nitrogens with one attached hydrogen (secondary N) is 1. The zero-order valence-corrected chi connectivity index (χ0v) is 18.7. The summed E-state index contributed by atoms with van der Waals surface area (Å²) in [6, 6.07) is 12.5. The highest BCUT2D eigenvalue weighted by molar-refractivity contribution is 6.02. The Morgan fingerprint density at radius 1 is 1.12 bits per heavy atom. The van der Waals surface area contributed by atoms with E-state index >= 15 is 0 Å². The van der Waals surface area contributed by atoms with Gasteiger partial charge in [-0.05, 0) is 50.1 Å². The molecule has 0 fully saturated rings. The van der Waals surface area contributed by atoms with Crippen molar-refractivity contribution in [1.29, 1.82) is 0 Å². The Labute approximate surface area is 188 Å². The molecule has 1 aliphatic heterocycles. The molecule has 0 bridgehead atoms. The molecule has 0 atom stereocenters. The minimum atomic E-state index is -0.193. The van der Waals surface area contributed by atoms with Crippen molar-refractivity contribution >= 4 is 23.3 Å². The largest absolute Gasteiger partial charge is 0.485 e. The molecule has 3 rings (SSSR count). The molecule has 2 amide bonds. The molecule has 2 aromatic carbocycles. The zero-order valence-electron chi connectivity index (χ0n) is 18.7. The van der Waals surface area contributed by atoms with E-state index in [2.05, 4.69) is 12.2 Å². The van der Waals surface area contributed by atoms with Gasteiger partial charge in [0.05, 0.1) is 5.69 Å². The second kappa shape index (κ2) is 11.3. The maximum atomic E-state index is 12.7. The number of fused-ring (bicyclic) bond motifs is 1. The van der Waals surface area contributed by atoms with E-state index in [0.29, 0.717) is 48.7 Å². The standard InChI is InChI=1S/C25H30N2O5/c1-3-4-13-26-24(29)6-5-14-27-21-15-19(9-12-23(21)32-17-25(27)30)22(28)16-31-20-10-7-18(2)8-11-20/h7-12,15H,3-6,13-14,16-17H2,1-2H3,(H,26,29). The molecule has 7 heteroatoms. The third-order valence-electron chi connectivity index (χ3n) is 5.25. The number of carbonyl (C=O) groups is 3. The van der Waals surface area contributed by atoms with E-state index in [9.17, 15) is 14.4 Å². The van der Waals surface area contributed by atoms with Crippen molar-refractivity contribution in [2.75, 3.05) is 31.2 Å². The predicted octanol–water partition coefficient (Wildman–Crippen LogP) is 3.68. The van der Waals surface area contributed by atoms with Crippen LogP contribution in [0, 0.1) is 6.92 Å². The lowest BCUT2D eigenvalue weighted by atomic mass is 10.1. The number of ketones is 1. The normalized spacial score (nSPS) is 12.7. The number of unbranched alkanes of at least 4 members (excludes halogenated alkanes) is 1. The number of aryl methyl sites for hydroxylation is 1. The summed E-state index contributed by atoms with van der Waals surface area (Å²) in [5, 5.41) is 2.88. The molecule has 0 saturated carbocycles. The first kappa shape index (κ1) is 23.3. The Hall–Kier alpha value is -3.35. The summed E-state index contributed by atoms with van der Waals surface area (Å²) in [4.78, 5) is 38.7. The number of benzene rings is 2.